The number of ether oxygens (including phenoxy) is 1. The molecule has 0 atom stereocenters. The van der Waals surface area contributed by atoms with Crippen LogP contribution < -0.4 is 5.56 Å². The Morgan fingerprint density at radius 1 is 1.17 bits per heavy atom. The van der Waals surface area contributed by atoms with E-state index in [1.54, 1.807) is 24.5 Å². The fraction of sp³-hybridized carbons (Fsp3) is 0.250. The molecule has 0 aliphatic carbocycles. The van der Waals surface area contributed by atoms with Crippen LogP contribution in [0.1, 0.15) is 47.7 Å². The largest absolute Gasteiger partial charge is 0.462 e. The second-order valence-electron chi connectivity index (χ2n) is 7.59. The fourth-order valence-electron chi connectivity index (χ4n) is 3.37. The van der Waals surface area contributed by atoms with Crippen LogP contribution in [-0.2, 0) is 11.2 Å². The van der Waals surface area contributed by atoms with Crippen LogP contribution in [0.4, 0.5) is 0 Å². The number of aryl methyl sites for hydroxylation is 1. The molecule has 4 rings (SSSR count). The highest BCUT2D eigenvalue weighted by Gasteiger charge is 2.12. The summed E-state index contributed by atoms with van der Waals surface area (Å²) in [6, 6.07) is 12.9. The zero-order valence-electron chi connectivity index (χ0n) is 17.0. The number of benzene rings is 1. The van der Waals surface area contributed by atoms with Gasteiger partial charge in [-0.25, -0.2) is 9.78 Å². The average molecular weight is 401 g/mol. The number of esters is 1. The Hall–Kier alpha value is -3.54. The first-order valence-corrected chi connectivity index (χ1v) is 10.0. The van der Waals surface area contributed by atoms with E-state index in [1.165, 1.54) is 10.6 Å². The van der Waals surface area contributed by atoms with Crippen molar-refractivity contribution in [3.8, 4) is 0 Å². The summed E-state index contributed by atoms with van der Waals surface area (Å²) in [5.41, 5.74) is 3.46. The summed E-state index contributed by atoms with van der Waals surface area (Å²) in [6.45, 7) is 4.46. The van der Waals surface area contributed by atoms with Gasteiger partial charge in [-0.15, -0.1) is 0 Å². The lowest BCUT2D eigenvalue weighted by atomic mass is 10.0. The quantitative estimate of drug-likeness (QED) is 0.276. The molecule has 4 aromatic rings. The first kappa shape index (κ1) is 19.8. The SMILES string of the molecule is CC(C)c1ccc2nc3ccc(C(=O)OCCCc4cccnc4)cn3c(=O)c2c1. The number of rotatable bonds is 6. The number of nitrogens with zero attached hydrogens (tertiary/aromatic N) is 3. The van der Waals surface area contributed by atoms with Crippen molar-refractivity contribution in [3.05, 3.63) is 88.1 Å². The highest BCUT2D eigenvalue weighted by atomic mass is 16.5. The monoisotopic (exact) mass is 401 g/mol. The van der Waals surface area contributed by atoms with E-state index in [4.69, 9.17) is 4.74 Å². The van der Waals surface area contributed by atoms with E-state index in [1.807, 2.05) is 30.3 Å². The van der Waals surface area contributed by atoms with Gasteiger partial charge in [0.2, 0.25) is 0 Å². The Morgan fingerprint density at radius 2 is 2.03 bits per heavy atom. The van der Waals surface area contributed by atoms with E-state index in [0.717, 1.165) is 17.5 Å². The molecule has 0 unspecified atom stereocenters. The number of pyridine rings is 2. The smallest absolute Gasteiger partial charge is 0.339 e. The van der Waals surface area contributed by atoms with Gasteiger partial charge >= 0.3 is 5.97 Å². The molecule has 6 nitrogen and oxygen atoms in total. The first-order valence-electron chi connectivity index (χ1n) is 10.0. The Labute approximate surface area is 174 Å². The molecule has 0 bridgehead atoms. The molecular formula is C24H23N3O3. The van der Waals surface area contributed by atoms with E-state index in [-0.39, 0.29) is 5.56 Å². The van der Waals surface area contributed by atoms with Gasteiger partial charge in [0.1, 0.15) is 5.65 Å². The zero-order valence-corrected chi connectivity index (χ0v) is 17.0. The molecule has 3 aromatic heterocycles. The lowest BCUT2D eigenvalue weighted by Gasteiger charge is -2.09. The molecule has 0 fully saturated rings. The van der Waals surface area contributed by atoms with E-state index >= 15 is 0 Å². The second-order valence-corrected chi connectivity index (χ2v) is 7.59. The molecular weight excluding hydrogens is 378 g/mol. The van der Waals surface area contributed by atoms with E-state index in [9.17, 15) is 9.59 Å². The van der Waals surface area contributed by atoms with Crippen LogP contribution in [-0.4, -0.2) is 26.9 Å². The summed E-state index contributed by atoms with van der Waals surface area (Å²) in [7, 11) is 0. The fourth-order valence-corrected chi connectivity index (χ4v) is 3.37. The number of carbonyl (C=O) groups excluding carboxylic acids is 1. The molecule has 0 N–H and O–H groups in total. The molecule has 0 saturated heterocycles. The van der Waals surface area contributed by atoms with Crippen molar-refractivity contribution in [1.29, 1.82) is 0 Å². The minimum atomic E-state index is -0.453. The molecule has 1 aromatic carbocycles. The summed E-state index contributed by atoms with van der Waals surface area (Å²) in [5.74, 6) is -0.145. The van der Waals surface area contributed by atoms with E-state index in [0.29, 0.717) is 41.1 Å². The van der Waals surface area contributed by atoms with Crippen molar-refractivity contribution in [2.75, 3.05) is 6.61 Å². The summed E-state index contributed by atoms with van der Waals surface area (Å²) in [4.78, 5) is 34.1. The van der Waals surface area contributed by atoms with Crippen molar-refractivity contribution in [3.63, 3.8) is 0 Å². The van der Waals surface area contributed by atoms with Gasteiger partial charge in [-0.05, 0) is 60.2 Å². The Balaban J connectivity index is 1.54. The Bertz CT molecular complexity index is 1260. The average Bonchev–Trinajstić information content (AvgIpc) is 2.77. The summed E-state index contributed by atoms with van der Waals surface area (Å²) >= 11 is 0. The first-order chi connectivity index (χ1) is 14.5. The topological polar surface area (TPSA) is 73.6 Å². The Kier molecular flexibility index (Phi) is 5.57. The maximum absolute atomic E-state index is 13.0. The molecule has 0 saturated carbocycles. The van der Waals surface area contributed by atoms with Gasteiger partial charge in [0.15, 0.2) is 0 Å². The lowest BCUT2D eigenvalue weighted by molar-refractivity contribution is 0.0500. The van der Waals surface area contributed by atoms with E-state index < -0.39 is 5.97 Å². The van der Waals surface area contributed by atoms with Crippen LogP contribution in [0, 0.1) is 0 Å². The Morgan fingerprint density at radius 3 is 2.80 bits per heavy atom. The van der Waals surface area contributed by atoms with Gasteiger partial charge in [0.05, 0.1) is 23.1 Å². The third-order valence-electron chi connectivity index (χ3n) is 5.10. The molecule has 0 spiro atoms. The van der Waals surface area contributed by atoms with Gasteiger partial charge < -0.3 is 4.74 Å². The molecule has 0 radical (unpaired) electrons. The molecule has 30 heavy (non-hydrogen) atoms. The van der Waals surface area contributed by atoms with Crippen molar-refractivity contribution in [2.24, 2.45) is 0 Å². The van der Waals surface area contributed by atoms with Crippen LogP contribution in [0.15, 0.2) is 65.8 Å². The van der Waals surface area contributed by atoms with Crippen molar-refractivity contribution < 1.29 is 9.53 Å². The van der Waals surface area contributed by atoms with Crippen LogP contribution in [0.2, 0.25) is 0 Å². The maximum Gasteiger partial charge on any atom is 0.339 e. The van der Waals surface area contributed by atoms with Crippen LogP contribution in [0.3, 0.4) is 0 Å². The van der Waals surface area contributed by atoms with E-state index in [2.05, 4.69) is 23.8 Å². The molecule has 6 heteroatoms. The van der Waals surface area contributed by atoms with Gasteiger partial charge in [-0.2, -0.15) is 0 Å². The molecule has 0 amide bonds. The summed E-state index contributed by atoms with van der Waals surface area (Å²) < 4.78 is 6.80. The van der Waals surface area contributed by atoms with Crippen LogP contribution >= 0.6 is 0 Å². The van der Waals surface area contributed by atoms with Gasteiger partial charge in [0.25, 0.3) is 5.56 Å². The number of hydrogen-bond donors (Lipinski definition) is 0. The number of aromatic nitrogens is 3. The summed E-state index contributed by atoms with van der Waals surface area (Å²) in [6.07, 6.45) is 6.53. The minimum absolute atomic E-state index is 0.191. The number of fused-ring (bicyclic) bond motifs is 2. The third-order valence-corrected chi connectivity index (χ3v) is 5.10. The maximum atomic E-state index is 13.0. The van der Waals surface area contributed by atoms with Gasteiger partial charge in [-0.3, -0.25) is 14.2 Å². The second kappa shape index (κ2) is 8.45. The molecule has 152 valence electrons. The van der Waals surface area contributed by atoms with Crippen molar-refractivity contribution in [1.82, 2.24) is 14.4 Å². The number of hydrogen-bond acceptors (Lipinski definition) is 5. The van der Waals surface area contributed by atoms with Gasteiger partial charge in [-0.1, -0.05) is 26.0 Å². The highest BCUT2D eigenvalue weighted by Crippen LogP contribution is 2.19. The van der Waals surface area contributed by atoms with Crippen molar-refractivity contribution in [2.45, 2.75) is 32.6 Å². The predicted molar refractivity (Wildman–Crippen MR) is 116 cm³/mol. The summed E-state index contributed by atoms with van der Waals surface area (Å²) in [5, 5.41) is 0.542. The standard InChI is InChI=1S/C24H23N3O3/c1-16(2)18-7-9-21-20(13-18)23(28)27-15-19(8-10-22(27)26-21)24(29)30-12-4-6-17-5-3-11-25-14-17/h3,5,7-11,13-16H,4,6,12H2,1-2H3. The third kappa shape index (κ3) is 4.08. The van der Waals surface area contributed by atoms with Gasteiger partial charge in [0, 0.05) is 18.6 Å². The van der Waals surface area contributed by atoms with Crippen LogP contribution in [0.5, 0.6) is 0 Å². The van der Waals surface area contributed by atoms with Crippen molar-refractivity contribution >= 4 is 22.5 Å². The zero-order chi connectivity index (χ0) is 21.1. The van der Waals surface area contributed by atoms with Crippen LogP contribution in [0.25, 0.3) is 16.6 Å². The lowest BCUT2D eigenvalue weighted by Crippen LogP contribution is -2.17. The molecule has 3 heterocycles. The normalized spacial score (nSPS) is 11.3. The predicted octanol–water partition coefficient (Wildman–Crippen LogP) is 4.16. The molecule has 0 aliphatic heterocycles. The number of carbonyl (C=O) groups is 1. The highest BCUT2D eigenvalue weighted by molar-refractivity contribution is 5.89. The minimum Gasteiger partial charge on any atom is -0.462 e. The molecule has 0 aliphatic rings.